The van der Waals surface area contributed by atoms with Crippen LogP contribution in [-0.2, 0) is 0 Å². The Balaban J connectivity index is 1.50. The highest BCUT2D eigenvalue weighted by atomic mass is 16.5. The molecule has 1 fully saturated rings. The van der Waals surface area contributed by atoms with E-state index in [2.05, 4.69) is 33.4 Å². The fourth-order valence-electron chi connectivity index (χ4n) is 3.93. The van der Waals surface area contributed by atoms with Crippen LogP contribution in [0.5, 0.6) is 11.5 Å². The average molecular weight is 408 g/mol. The predicted octanol–water partition coefficient (Wildman–Crippen LogP) is 4.78. The molecule has 1 N–H and O–H groups in total. The zero-order valence-corrected chi connectivity index (χ0v) is 18.1. The van der Waals surface area contributed by atoms with Crippen LogP contribution >= 0.6 is 0 Å². The number of aryl methyl sites for hydroxylation is 2. The van der Waals surface area contributed by atoms with Crippen molar-refractivity contribution < 1.29 is 9.47 Å². The van der Waals surface area contributed by atoms with Crippen LogP contribution in [0, 0.1) is 13.8 Å². The summed E-state index contributed by atoms with van der Waals surface area (Å²) in [5, 5.41) is 7.92. The van der Waals surface area contributed by atoms with Gasteiger partial charge in [-0.2, -0.15) is 5.10 Å². The highest BCUT2D eigenvalue weighted by Gasteiger charge is 2.19. The van der Waals surface area contributed by atoms with E-state index in [0.717, 1.165) is 41.3 Å². The number of rotatable bonds is 7. The number of hydrogen-bond acceptors (Lipinski definition) is 6. The third-order valence-corrected chi connectivity index (χ3v) is 5.50. The van der Waals surface area contributed by atoms with E-state index < -0.39 is 0 Å². The standard InChI is InChI=1S/C23H29N5O2/c1-15-11-16(2)28(27-15)23-14-24-13-22(26-23)25-17(3)18-9-10-20(21(12-18)29-4)30-19-7-5-6-8-19/h9-14,17,19H,5-8H2,1-4H3,(H,25,26). The Kier molecular flexibility index (Phi) is 5.88. The van der Waals surface area contributed by atoms with Crippen LogP contribution in [0.2, 0.25) is 0 Å². The van der Waals surface area contributed by atoms with Gasteiger partial charge in [-0.1, -0.05) is 6.07 Å². The van der Waals surface area contributed by atoms with Gasteiger partial charge in [0.25, 0.3) is 0 Å². The van der Waals surface area contributed by atoms with E-state index in [1.807, 2.05) is 32.0 Å². The van der Waals surface area contributed by atoms with Gasteiger partial charge in [-0.25, -0.2) is 9.67 Å². The van der Waals surface area contributed by atoms with E-state index in [4.69, 9.17) is 9.47 Å². The molecular weight excluding hydrogens is 378 g/mol. The van der Waals surface area contributed by atoms with Crippen LogP contribution in [0.25, 0.3) is 5.82 Å². The second-order valence-corrected chi connectivity index (χ2v) is 7.90. The quantitative estimate of drug-likeness (QED) is 0.607. The van der Waals surface area contributed by atoms with Gasteiger partial charge >= 0.3 is 0 Å². The number of nitrogens with one attached hydrogen (secondary N) is 1. The number of anilines is 1. The number of aromatic nitrogens is 4. The summed E-state index contributed by atoms with van der Waals surface area (Å²) in [5.41, 5.74) is 3.06. The number of nitrogens with zero attached hydrogens (tertiary/aromatic N) is 4. The van der Waals surface area contributed by atoms with Crippen molar-refractivity contribution in [2.24, 2.45) is 0 Å². The Morgan fingerprint density at radius 3 is 2.60 bits per heavy atom. The van der Waals surface area contributed by atoms with E-state index in [1.54, 1.807) is 24.2 Å². The third kappa shape index (κ3) is 4.40. The second-order valence-electron chi connectivity index (χ2n) is 7.90. The molecule has 0 bridgehead atoms. The molecule has 4 rings (SSSR count). The molecule has 0 spiro atoms. The molecule has 158 valence electrons. The Morgan fingerprint density at radius 2 is 1.90 bits per heavy atom. The van der Waals surface area contributed by atoms with Crippen molar-refractivity contribution in [3.8, 4) is 17.3 Å². The molecule has 0 saturated heterocycles. The van der Waals surface area contributed by atoms with Gasteiger partial charge < -0.3 is 14.8 Å². The zero-order valence-electron chi connectivity index (χ0n) is 18.1. The van der Waals surface area contributed by atoms with Crippen molar-refractivity contribution >= 4 is 5.82 Å². The Hall–Kier alpha value is -3.09. The van der Waals surface area contributed by atoms with Gasteiger partial charge in [0.1, 0.15) is 5.82 Å². The van der Waals surface area contributed by atoms with Crippen LogP contribution in [0.1, 0.15) is 55.6 Å². The molecule has 3 aromatic rings. The number of methoxy groups -OCH3 is 1. The van der Waals surface area contributed by atoms with Crippen LogP contribution in [0.15, 0.2) is 36.7 Å². The van der Waals surface area contributed by atoms with Crippen LogP contribution in [0.3, 0.4) is 0 Å². The normalized spacial score (nSPS) is 15.2. The summed E-state index contributed by atoms with van der Waals surface area (Å²) in [5.74, 6) is 2.95. The topological polar surface area (TPSA) is 74.1 Å². The molecule has 2 aromatic heterocycles. The predicted molar refractivity (Wildman–Crippen MR) is 117 cm³/mol. The Bertz CT molecular complexity index is 1010. The maximum atomic E-state index is 6.15. The van der Waals surface area contributed by atoms with E-state index in [9.17, 15) is 0 Å². The van der Waals surface area contributed by atoms with Crippen molar-refractivity contribution in [3.05, 3.63) is 53.6 Å². The summed E-state index contributed by atoms with van der Waals surface area (Å²) < 4.78 is 13.5. The number of benzene rings is 1. The fraction of sp³-hybridized carbons (Fsp3) is 0.435. The minimum absolute atomic E-state index is 0.0180. The van der Waals surface area contributed by atoms with Gasteiger partial charge in [-0.15, -0.1) is 0 Å². The van der Waals surface area contributed by atoms with Crippen LogP contribution < -0.4 is 14.8 Å². The SMILES string of the molecule is COc1cc(C(C)Nc2cncc(-n3nc(C)cc3C)n2)ccc1OC1CCCC1. The molecule has 1 aliphatic rings. The molecule has 0 amide bonds. The number of hydrogen-bond donors (Lipinski definition) is 1. The van der Waals surface area contributed by atoms with E-state index in [1.165, 1.54) is 12.8 Å². The van der Waals surface area contributed by atoms with Crippen molar-refractivity contribution in [1.82, 2.24) is 19.7 Å². The smallest absolute Gasteiger partial charge is 0.174 e. The minimum atomic E-state index is 0.0180. The maximum absolute atomic E-state index is 6.15. The number of ether oxygens (including phenoxy) is 2. The van der Waals surface area contributed by atoms with Crippen LogP contribution in [0.4, 0.5) is 5.82 Å². The van der Waals surface area contributed by atoms with Gasteiger partial charge in [0.2, 0.25) is 0 Å². The summed E-state index contributed by atoms with van der Waals surface area (Å²) in [7, 11) is 1.68. The summed E-state index contributed by atoms with van der Waals surface area (Å²) in [6.07, 6.45) is 8.45. The van der Waals surface area contributed by atoms with Gasteiger partial charge in [0.05, 0.1) is 37.3 Å². The molecule has 1 atom stereocenters. The lowest BCUT2D eigenvalue weighted by Gasteiger charge is -2.19. The zero-order chi connectivity index (χ0) is 21.1. The van der Waals surface area contributed by atoms with E-state index in [-0.39, 0.29) is 6.04 Å². The molecule has 0 aliphatic heterocycles. The molecule has 1 aromatic carbocycles. The average Bonchev–Trinajstić information content (AvgIpc) is 3.37. The van der Waals surface area contributed by atoms with E-state index in [0.29, 0.717) is 17.7 Å². The highest BCUT2D eigenvalue weighted by molar-refractivity contribution is 5.46. The minimum Gasteiger partial charge on any atom is -0.493 e. The first kappa shape index (κ1) is 20.2. The summed E-state index contributed by atoms with van der Waals surface area (Å²) in [6, 6.07) is 8.14. The first-order chi connectivity index (χ1) is 14.5. The summed E-state index contributed by atoms with van der Waals surface area (Å²) in [4.78, 5) is 9.01. The van der Waals surface area contributed by atoms with E-state index >= 15 is 0 Å². The Morgan fingerprint density at radius 1 is 1.10 bits per heavy atom. The monoisotopic (exact) mass is 407 g/mol. The second kappa shape index (κ2) is 8.73. The largest absolute Gasteiger partial charge is 0.493 e. The van der Waals surface area contributed by atoms with Gasteiger partial charge in [0.15, 0.2) is 17.3 Å². The van der Waals surface area contributed by atoms with Gasteiger partial charge in [-0.3, -0.25) is 4.98 Å². The molecule has 30 heavy (non-hydrogen) atoms. The summed E-state index contributed by atoms with van der Waals surface area (Å²) >= 11 is 0. The lowest BCUT2D eigenvalue weighted by molar-refractivity contribution is 0.200. The third-order valence-electron chi connectivity index (χ3n) is 5.50. The maximum Gasteiger partial charge on any atom is 0.174 e. The highest BCUT2D eigenvalue weighted by Crippen LogP contribution is 2.34. The van der Waals surface area contributed by atoms with Crippen LogP contribution in [-0.4, -0.2) is 33.0 Å². The Labute approximate surface area is 177 Å². The van der Waals surface area contributed by atoms with Crippen molar-refractivity contribution in [1.29, 1.82) is 0 Å². The first-order valence-electron chi connectivity index (χ1n) is 10.5. The van der Waals surface area contributed by atoms with Crippen molar-refractivity contribution in [3.63, 3.8) is 0 Å². The molecule has 2 heterocycles. The summed E-state index contributed by atoms with van der Waals surface area (Å²) in [6.45, 7) is 6.06. The van der Waals surface area contributed by atoms with Gasteiger partial charge in [0, 0.05) is 5.69 Å². The lowest BCUT2D eigenvalue weighted by atomic mass is 10.1. The fourth-order valence-corrected chi connectivity index (χ4v) is 3.93. The lowest BCUT2D eigenvalue weighted by Crippen LogP contribution is -2.13. The molecule has 7 nitrogen and oxygen atoms in total. The molecule has 1 unspecified atom stereocenters. The van der Waals surface area contributed by atoms with Crippen molar-refractivity contribution in [2.45, 2.75) is 58.6 Å². The molecule has 7 heteroatoms. The van der Waals surface area contributed by atoms with Crippen molar-refractivity contribution in [2.75, 3.05) is 12.4 Å². The van der Waals surface area contributed by atoms with Gasteiger partial charge in [-0.05, 0) is 70.2 Å². The molecule has 0 radical (unpaired) electrons. The molecular formula is C23H29N5O2. The first-order valence-corrected chi connectivity index (χ1v) is 10.5. The molecule has 1 aliphatic carbocycles. The molecule has 1 saturated carbocycles.